The molecule has 0 heteroatoms. The monoisotopic (exact) mass is 172 g/mol. The molecule has 0 nitrogen and oxygen atoms in total. The van der Waals surface area contributed by atoms with Gasteiger partial charge in [0.05, 0.1) is 0 Å². The topological polar surface area (TPSA) is 0 Å². The van der Waals surface area contributed by atoms with Gasteiger partial charge >= 0.3 is 0 Å². The molecule has 0 atom stereocenters. The van der Waals surface area contributed by atoms with Crippen LogP contribution in [0.1, 0.15) is 18.4 Å². The fourth-order valence-corrected chi connectivity index (χ4v) is 1.17. The molecule has 0 N–H and O–H groups in total. The Labute approximate surface area is 80.6 Å². The standard InChI is InChI=1S/C13H16/c1-2-3-4-5-7-10-13-11-8-6-9-12-13/h2,5-9,11-12H,1,3-4,10H2. The number of benzene rings is 1. The van der Waals surface area contributed by atoms with E-state index in [1.807, 2.05) is 12.1 Å². The van der Waals surface area contributed by atoms with Crippen LogP contribution in [0.15, 0.2) is 55.1 Å². The van der Waals surface area contributed by atoms with Crippen molar-refractivity contribution in [2.24, 2.45) is 0 Å². The molecule has 0 amide bonds. The summed E-state index contributed by atoms with van der Waals surface area (Å²) < 4.78 is 0. The van der Waals surface area contributed by atoms with Crippen molar-refractivity contribution in [3.05, 3.63) is 60.7 Å². The van der Waals surface area contributed by atoms with Crippen LogP contribution in [-0.4, -0.2) is 0 Å². The van der Waals surface area contributed by atoms with E-state index < -0.39 is 0 Å². The highest BCUT2D eigenvalue weighted by Crippen LogP contribution is 2.01. The average molecular weight is 172 g/mol. The highest BCUT2D eigenvalue weighted by atomic mass is 13.9. The Balaban J connectivity index is 2.26. The second-order valence-corrected chi connectivity index (χ2v) is 3.03. The molecule has 1 aromatic rings. The van der Waals surface area contributed by atoms with Gasteiger partial charge in [0.15, 0.2) is 0 Å². The first-order valence-corrected chi connectivity index (χ1v) is 4.73. The van der Waals surface area contributed by atoms with Gasteiger partial charge in [0, 0.05) is 0 Å². The van der Waals surface area contributed by atoms with E-state index in [0.717, 1.165) is 19.3 Å². The molecule has 1 rings (SSSR count). The van der Waals surface area contributed by atoms with Crippen LogP contribution in [0, 0.1) is 0 Å². The summed E-state index contributed by atoms with van der Waals surface area (Å²) in [6.07, 6.45) is 9.61. The predicted octanol–water partition coefficient (Wildman–Crippen LogP) is 3.75. The molecule has 0 saturated carbocycles. The van der Waals surface area contributed by atoms with Gasteiger partial charge in [0.25, 0.3) is 0 Å². The van der Waals surface area contributed by atoms with Crippen LogP contribution in [0.25, 0.3) is 0 Å². The molecule has 1 aromatic carbocycles. The summed E-state index contributed by atoms with van der Waals surface area (Å²) in [7, 11) is 0. The lowest BCUT2D eigenvalue weighted by Crippen LogP contribution is -1.78. The van der Waals surface area contributed by atoms with Crippen molar-refractivity contribution < 1.29 is 0 Å². The summed E-state index contributed by atoms with van der Waals surface area (Å²) in [6, 6.07) is 10.5. The Morgan fingerprint density at radius 3 is 2.46 bits per heavy atom. The fraction of sp³-hybridized carbons (Fsp3) is 0.231. The van der Waals surface area contributed by atoms with Gasteiger partial charge in [-0.05, 0) is 24.8 Å². The zero-order valence-electron chi connectivity index (χ0n) is 7.95. The Kier molecular flexibility index (Phi) is 4.70. The Morgan fingerprint density at radius 2 is 1.77 bits per heavy atom. The molecule has 0 aliphatic rings. The summed E-state index contributed by atoms with van der Waals surface area (Å²) >= 11 is 0. The number of rotatable bonds is 5. The van der Waals surface area contributed by atoms with Gasteiger partial charge in [-0.15, -0.1) is 6.58 Å². The van der Waals surface area contributed by atoms with Crippen molar-refractivity contribution in [1.82, 2.24) is 0 Å². The van der Waals surface area contributed by atoms with Crippen molar-refractivity contribution in [3.63, 3.8) is 0 Å². The summed E-state index contributed by atoms with van der Waals surface area (Å²) in [5, 5.41) is 0. The minimum absolute atomic E-state index is 1.04. The second kappa shape index (κ2) is 6.24. The first-order chi connectivity index (χ1) is 6.43. The average Bonchev–Trinajstić information content (AvgIpc) is 2.19. The quantitative estimate of drug-likeness (QED) is 0.468. The first kappa shape index (κ1) is 9.79. The maximum Gasteiger partial charge on any atom is -0.00975 e. The van der Waals surface area contributed by atoms with Gasteiger partial charge in [-0.25, -0.2) is 0 Å². The van der Waals surface area contributed by atoms with E-state index in [2.05, 4.69) is 43.0 Å². The minimum atomic E-state index is 1.04. The van der Waals surface area contributed by atoms with Crippen molar-refractivity contribution in [2.75, 3.05) is 0 Å². The maximum absolute atomic E-state index is 3.68. The normalized spacial score (nSPS) is 10.5. The van der Waals surface area contributed by atoms with Crippen LogP contribution in [0.2, 0.25) is 0 Å². The van der Waals surface area contributed by atoms with Crippen LogP contribution in [0.3, 0.4) is 0 Å². The van der Waals surface area contributed by atoms with E-state index in [0.29, 0.717) is 0 Å². The SMILES string of the molecule is C=CCCC=CCc1ccccc1. The molecule has 68 valence electrons. The molecule has 0 spiro atoms. The third-order valence-electron chi connectivity index (χ3n) is 1.90. The molecule has 0 fully saturated rings. The Bertz CT molecular complexity index is 257. The highest BCUT2D eigenvalue weighted by Gasteiger charge is 1.84. The van der Waals surface area contributed by atoms with E-state index in [1.165, 1.54) is 5.56 Å². The molecule has 0 aliphatic heterocycles. The lowest BCUT2D eigenvalue weighted by atomic mass is 10.1. The third-order valence-corrected chi connectivity index (χ3v) is 1.90. The molecule has 0 bridgehead atoms. The lowest BCUT2D eigenvalue weighted by Gasteiger charge is -1.93. The number of hydrogen-bond acceptors (Lipinski definition) is 0. The Hall–Kier alpha value is -1.30. The van der Waals surface area contributed by atoms with Crippen LogP contribution in [0.4, 0.5) is 0 Å². The van der Waals surface area contributed by atoms with Gasteiger partial charge in [-0.3, -0.25) is 0 Å². The van der Waals surface area contributed by atoms with Crippen LogP contribution in [-0.2, 0) is 6.42 Å². The second-order valence-electron chi connectivity index (χ2n) is 3.03. The largest absolute Gasteiger partial charge is 0.103 e. The third kappa shape index (κ3) is 4.32. The van der Waals surface area contributed by atoms with Crippen LogP contribution >= 0.6 is 0 Å². The van der Waals surface area contributed by atoms with E-state index >= 15 is 0 Å². The number of hydrogen-bond donors (Lipinski definition) is 0. The van der Waals surface area contributed by atoms with E-state index in [-0.39, 0.29) is 0 Å². The molecule has 0 saturated heterocycles. The van der Waals surface area contributed by atoms with E-state index in [9.17, 15) is 0 Å². The smallest absolute Gasteiger partial charge is 0.00975 e. The predicted molar refractivity (Wildman–Crippen MR) is 58.7 cm³/mol. The zero-order valence-corrected chi connectivity index (χ0v) is 7.95. The van der Waals surface area contributed by atoms with E-state index in [1.54, 1.807) is 0 Å². The highest BCUT2D eigenvalue weighted by molar-refractivity contribution is 5.17. The molecule has 0 aromatic heterocycles. The summed E-state index contributed by atoms with van der Waals surface area (Å²) in [6.45, 7) is 3.68. The minimum Gasteiger partial charge on any atom is -0.103 e. The summed E-state index contributed by atoms with van der Waals surface area (Å²) in [5.41, 5.74) is 1.37. The molecule has 0 unspecified atom stereocenters. The molecule has 0 heterocycles. The summed E-state index contributed by atoms with van der Waals surface area (Å²) in [4.78, 5) is 0. The molecule has 0 radical (unpaired) electrons. The van der Waals surface area contributed by atoms with Gasteiger partial charge in [-0.2, -0.15) is 0 Å². The number of unbranched alkanes of at least 4 members (excludes halogenated alkanes) is 1. The van der Waals surface area contributed by atoms with Crippen LogP contribution < -0.4 is 0 Å². The van der Waals surface area contributed by atoms with Crippen molar-refractivity contribution in [2.45, 2.75) is 19.3 Å². The van der Waals surface area contributed by atoms with Crippen molar-refractivity contribution >= 4 is 0 Å². The Morgan fingerprint density at radius 1 is 1.00 bits per heavy atom. The molecular weight excluding hydrogens is 156 g/mol. The number of allylic oxidation sites excluding steroid dienone is 3. The van der Waals surface area contributed by atoms with Gasteiger partial charge < -0.3 is 0 Å². The van der Waals surface area contributed by atoms with Gasteiger partial charge in [-0.1, -0.05) is 48.6 Å². The van der Waals surface area contributed by atoms with E-state index in [4.69, 9.17) is 0 Å². The summed E-state index contributed by atoms with van der Waals surface area (Å²) in [5.74, 6) is 0. The van der Waals surface area contributed by atoms with Gasteiger partial charge in [0.2, 0.25) is 0 Å². The van der Waals surface area contributed by atoms with Crippen LogP contribution in [0.5, 0.6) is 0 Å². The fourth-order valence-electron chi connectivity index (χ4n) is 1.17. The molecule has 0 aliphatic carbocycles. The zero-order chi connectivity index (χ0) is 9.36. The van der Waals surface area contributed by atoms with Crippen molar-refractivity contribution in [1.29, 1.82) is 0 Å². The molecule has 13 heavy (non-hydrogen) atoms. The molecular formula is C13H16. The van der Waals surface area contributed by atoms with Gasteiger partial charge in [0.1, 0.15) is 0 Å². The maximum atomic E-state index is 3.68. The lowest BCUT2D eigenvalue weighted by molar-refractivity contribution is 1.04. The first-order valence-electron chi connectivity index (χ1n) is 4.73. The van der Waals surface area contributed by atoms with Crippen molar-refractivity contribution in [3.8, 4) is 0 Å².